The van der Waals surface area contributed by atoms with Crippen LogP contribution in [-0.2, 0) is 10.0 Å². The van der Waals surface area contributed by atoms with Gasteiger partial charge in [-0.2, -0.15) is 0 Å². The average molecular weight is 271 g/mol. The number of sulfonamides is 1. The largest absolute Gasteiger partial charge is 0.316 e. The minimum Gasteiger partial charge on any atom is -0.316 e. The van der Waals surface area contributed by atoms with Crippen molar-refractivity contribution in [1.82, 2.24) is 10.0 Å². The highest BCUT2D eigenvalue weighted by Gasteiger charge is 2.27. The first kappa shape index (κ1) is 16.2. The van der Waals surface area contributed by atoms with Crippen LogP contribution in [0.25, 0.3) is 0 Å². The average Bonchev–Trinajstić information content (AvgIpc) is 2.17. The molecular formula is C10H23ClN2O2S. The van der Waals surface area contributed by atoms with Crippen molar-refractivity contribution in [1.29, 1.82) is 0 Å². The molecule has 2 N–H and O–H groups in total. The van der Waals surface area contributed by atoms with Gasteiger partial charge in [0.1, 0.15) is 0 Å². The highest BCUT2D eigenvalue weighted by atomic mass is 35.5. The maximum Gasteiger partial charge on any atom is 0.211 e. The van der Waals surface area contributed by atoms with E-state index in [1.165, 1.54) is 0 Å². The van der Waals surface area contributed by atoms with Gasteiger partial charge in [-0.05, 0) is 31.2 Å². The molecule has 1 atom stereocenters. The minimum atomic E-state index is -3.05. The van der Waals surface area contributed by atoms with Crippen LogP contribution in [0, 0.1) is 5.41 Å². The van der Waals surface area contributed by atoms with Crippen molar-refractivity contribution in [3.8, 4) is 0 Å². The third-order valence-electron chi connectivity index (χ3n) is 2.88. The zero-order valence-corrected chi connectivity index (χ0v) is 11.7. The van der Waals surface area contributed by atoms with Crippen LogP contribution in [-0.4, -0.2) is 33.8 Å². The number of hydrogen-bond donors (Lipinski definition) is 2. The molecule has 0 spiro atoms. The van der Waals surface area contributed by atoms with Crippen molar-refractivity contribution >= 4 is 22.4 Å². The molecule has 0 amide bonds. The van der Waals surface area contributed by atoms with Gasteiger partial charge in [-0.25, -0.2) is 13.1 Å². The lowest BCUT2D eigenvalue weighted by Crippen LogP contribution is -2.46. The van der Waals surface area contributed by atoms with Crippen LogP contribution in [0.2, 0.25) is 0 Å². The van der Waals surface area contributed by atoms with Gasteiger partial charge in [-0.3, -0.25) is 0 Å². The monoisotopic (exact) mass is 270 g/mol. The lowest BCUT2D eigenvalue weighted by molar-refractivity contribution is 0.238. The number of rotatable bonds is 5. The van der Waals surface area contributed by atoms with E-state index in [1.54, 1.807) is 0 Å². The van der Waals surface area contributed by atoms with Crippen molar-refractivity contribution < 1.29 is 8.42 Å². The van der Waals surface area contributed by atoms with E-state index < -0.39 is 10.0 Å². The Kier molecular flexibility index (Phi) is 6.86. The lowest BCUT2D eigenvalue weighted by Gasteiger charge is -2.34. The van der Waals surface area contributed by atoms with Crippen LogP contribution >= 0.6 is 12.4 Å². The van der Waals surface area contributed by atoms with Gasteiger partial charge >= 0.3 is 0 Å². The van der Waals surface area contributed by atoms with Gasteiger partial charge in [0.05, 0.1) is 5.75 Å². The van der Waals surface area contributed by atoms with Gasteiger partial charge in [0.25, 0.3) is 0 Å². The molecule has 6 heteroatoms. The van der Waals surface area contributed by atoms with E-state index in [9.17, 15) is 8.42 Å². The summed E-state index contributed by atoms with van der Waals surface area (Å²) in [5.74, 6) is 0.233. The smallest absolute Gasteiger partial charge is 0.211 e. The van der Waals surface area contributed by atoms with Crippen molar-refractivity contribution in [2.75, 3.05) is 25.4 Å². The molecule has 0 bridgehead atoms. The van der Waals surface area contributed by atoms with Crippen LogP contribution in [0.4, 0.5) is 0 Å². The molecule has 0 radical (unpaired) electrons. The summed E-state index contributed by atoms with van der Waals surface area (Å²) in [6.07, 6.45) is 2.89. The van der Waals surface area contributed by atoms with Crippen LogP contribution in [0.5, 0.6) is 0 Å². The minimum absolute atomic E-state index is 0. The normalized spacial score (nSPS) is 26.1. The van der Waals surface area contributed by atoms with E-state index in [2.05, 4.69) is 17.0 Å². The first-order valence-electron chi connectivity index (χ1n) is 5.65. The first-order chi connectivity index (χ1) is 6.97. The molecular weight excluding hydrogens is 248 g/mol. The number of hydrogen-bond acceptors (Lipinski definition) is 3. The predicted molar refractivity (Wildman–Crippen MR) is 69.5 cm³/mol. The molecule has 16 heavy (non-hydrogen) atoms. The van der Waals surface area contributed by atoms with E-state index in [-0.39, 0.29) is 23.6 Å². The molecule has 98 valence electrons. The van der Waals surface area contributed by atoms with Gasteiger partial charge in [-0.1, -0.05) is 13.8 Å². The Morgan fingerprint density at radius 1 is 1.44 bits per heavy atom. The predicted octanol–water partition coefficient (Wildman–Crippen LogP) is 1.13. The molecule has 1 rings (SSSR count). The Hall–Kier alpha value is 0.160. The van der Waals surface area contributed by atoms with Gasteiger partial charge in [0.2, 0.25) is 10.0 Å². The number of halogens is 1. The quantitative estimate of drug-likeness (QED) is 0.787. The first-order valence-corrected chi connectivity index (χ1v) is 7.31. The maximum atomic E-state index is 11.5. The zero-order chi connectivity index (χ0) is 11.4. The number of nitrogens with one attached hydrogen (secondary N) is 2. The standard InChI is InChI=1S/C10H22N2O2S.ClH/c1-3-7-15(13,14)12-9-10(2)5-4-6-11-8-10;/h11-12H,3-9H2,1-2H3;1H. The summed E-state index contributed by atoms with van der Waals surface area (Å²) in [4.78, 5) is 0. The number of piperidine rings is 1. The summed E-state index contributed by atoms with van der Waals surface area (Å²) in [6.45, 7) is 6.53. The molecule has 0 saturated carbocycles. The molecule has 1 heterocycles. The van der Waals surface area contributed by atoms with Crippen LogP contribution in [0.15, 0.2) is 0 Å². The van der Waals surface area contributed by atoms with E-state index in [0.717, 1.165) is 25.9 Å². The van der Waals surface area contributed by atoms with Gasteiger partial charge in [0.15, 0.2) is 0 Å². The van der Waals surface area contributed by atoms with Crippen molar-refractivity contribution in [3.63, 3.8) is 0 Å². The molecule has 1 fully saturated rings. The van der Waals surface area contributed by atoms with Crippen molar-refractivity contribution in [2.45, 2.75) is 33.1 Å². The van der Waals surface area contributed by atoms with Crippen LogP contribution in [0.3, 0.4) is 0 Å². The fourth-order valence-electron chi connectivity index (χ4n) is 1.89. The Morgan fingerprint density at radius 3 is 2.62 bits per heavy atom. The molecule has 1 unspecified atom stereocenters. The SMILES string of the molecule is CCCS(=O)(=O)NCC1(C)CCCNC1.Cl. The lowest BCUT2D eigenvalue weighted by atomic mass is 9.83. The summed E-state index contributed by atoms with van der Waals surface area (Å²) >= 11 is 0. The molecule has 1 aliphatic heterocycles. The third-order valence-corrected chi connectivity index (χ3v) is 4.41. The Labute approximate surface area is 105 Å². The molecule has 0 aromatic heterocycles. The summed E-state index contributed by atoms with van der Waals surface area (Å²) in [6, 6.07) is 0. The highest BCUT2D eigenvalue weighted by molar-refractivity contribution is 7.89. The van der Waals surface area contributed by atoms with Crippen molar-refractivity contribution in [3.05, 3.63) is 0 Å². The molecule has 0 aromatic carbocycles. The third kappa shape index (κ3) is 5.48. The van der Waals surface area contributed by atoms with E-state index in [4.69, 9.17) is 0 Å². The van der Waals surface area contributed by atoms with E-state index >= 15 is 0 Å². The Balaban J connectivity index is 0.00000225. The Morgan fingerprint density at radius 2 is 2.12 bits per heavy atom. The second kappa shape index (κ2) is 6.79. The summed E-state index contributed by atoms with van der Waals surface area (Å²) in [7, 11) is -3.05. The zero-order valence-electron chi connectivity index (χ0n) is 10.1. The highest BCUT2D eigenvalue weighted by Crippen LogP contribution is 2.24. The van der Waals surface area contributed by atoms with Gasteiger partial charge < -0.3 is 5.32 Å². The Bertz CT molecular complexity index is 287. The maximum absolute atomic E-state index is 11.5. The molecule has 1 saturated heterocycles. The fourth-order valence-corrected chi connectivity index (χ4v) is 3.14. The topological polar surface area (TPSA) is 58.2 Å². The molecule has 0 aromatic rings. The summed E-state index contributed by atoms with van der Waals surface area (Å²) in [5, 5.41) is 3.31. The summed E-state index contributed by atoms with van der Waals surface area (Å²) in [5.41, 5.74) is 0.0824. The molecule has 0 aliphatic carbocycles. The van der Waals surface area contributed by atoms with E-state index in [1.807, 2.05) is 6.92 Å². The van der Waals surface area contributed by atoms with Crippen molar-refractivity contribution in [2.24, 2.45) is 5.41 Å². The fraction of sp³-hybridized carbons (Fsp3) is 1.00. The van der Waals surface area contributed by atoms with Gasteiger partial charge in [0, 0.05) is 13.1 Å². The van der Waals surface area contributed by atoms with Crippen LogP contribution in [0.1, 0.15) is 33.1 Å². The van der Waals surface area contributed by atoms with Gasteiger partial charge in [-0.15, -0.1) is 12.4 Å². The summed E-state index contributed by atoms with van der Waals surface area (Å²) < 4.78 is 25.7. The van der Waals surface area contributed by atoms with Crippen LogP contribution < -0.4 is 10.0 Å². The van der Waals surface area contributed by atoms with E-state index in [0.29, 0.717) is 13.0 Å². The second-order valence-corrected chi connectivity index (χ2v) is 6.66. The molecule has 4 nitrogen and oxygen atoms in total. The second-order valence-electron chi connectivity index (χ2n) is 4.73. The molecule has 1 aliphatic rings.